The fourth-order valence-corrected chi connectivity index (χ4v) is 14.9. The first kappa shape index (κ1) is 103. The first-order valence-electron chi connectivity index (χ1n) is 44.2. The van der Waals surface area contributed by atoms with E-state index in [1.165, 1.54) is 250 Å². The Bertz CT molecular complexity index is 2040. The third-order valence-corrected chi connectivity index (χ3v) is 22.3. The highest BCUT2D eigenvalue weighted by Gasteiger charge is 2.31. The van der Waals surface area contributed by atoms with Gasteiger partial charge in [-0.15, -0.1) is 0 Å². The van der Waals surface area contributed by atoms with E-state index in [2.05, 4.69) is 55.4 Å². The van der Waals surface area contributed by atoms with E-state index in [9.17, 15) is 43.2 Å². The molecule has 19 heteroatoms. The molecule has 0 saturated heterocycles. The summed E-state index contributed by atoms with van der Waals surface area (Å²) in [5.74, 6) is 1.05. The lowest BCUT2D eigenvalue weighted by molar-refractivity contribution is -0.161. The van der Waals surface area contributed by atoms with Crippen LogP contribution in [0.1, 0.15) is 447 Å². The number of rotatable bonds is 83. The van der Waals surface area contributed by atoms with Crippen LogP contribution in [0.15, 0.2) is 0 Å². The summed E-state index contributed by atoms with van der Waals surface area (Å²) in [7, 11) is -9.93. The first-order chi connectivity index (χ1) is 50.6. The number of unbranched alkanes of at least 4 members (excludes halogenated alkanes) is 48. The summed E-state index contributed by atoms with van der Waals surface area (Å²) in [6.07, 6.45) is 63.9. The molecule has 0 rings (SSSR count). The topological polar surface area (TPSA) is 237 Å². The van der Waals surface area contributed by atoms with Crippen LogP contribution in [0.5, 0.6) is 0 Å². The lowest BCUT2D eigenvalue weighted by Gasteiger charge is -2.21. The molecule has 0 fully saturated rings. The molecule has 0 amide bonds. The zero-order chi connectivity index (χ0) is 77.4. The summed E-state index contributed by atoms with van der Waals surface area (Å²) in [6, 6.07) is 0. The van der Waals surface area contributed by atoms with E-state index in [4.69, 9.17) is 37.0 Å². The van der Waals surface area contributed by atoms with E-state index < -0.39 is 97.5 Å². The summed E-state index contributed by atoms with van der Waals surface area (Å²) in [5, 5.41) is 10.7. The van der Waals surface area contributed by atoms with Gasteiger partial charge in [-0.25, -0.2) is 9.13 Å². The molecule has 0 aliphatic carbocycles. The smallest absolute Gasteiger partial charge is 0.462 e. The van der Waals surface area contributed by atoms with Crippen molar-refractivity contribution in [1.29, 1.82) is 0 Å². The highest BCUT2D eigenvalue weighted by molar-refractivity contribution is 7.47. The van der Waals surface area contributed by atoms with Crippen LogP contribution < -0.4 is 0 Å². The van der Waals surface area contributed by atoms with Crippen LogP contribution in [0.3, 0.4) is 0 Å². The third-order valence-electron chi connectivity index (χ3n) is 20.4. The van der Waals surface area contributed by atoms with Gasteiger partial charge in [-0.05, 0) is 49.4 Å². The zero-order valence-electron chi connectivity index (χ0n) is 69.4. The van der Waals surface area contributed by atoms with Crippen molar-refractivity contribution in [2.24, 2.45) is 23.7 Å². The van der Waals surface area contributed by atoms with Crippen LogP contribution in [-0.4, -0.2) is 96.7 Å². The Morgan fingerprint density at radius 1 is 0.267 bits per heavy atom. The van der Waals surface area contributed by atoms with Gasteiger partial charge < -0.3 is 33.8 Å². The van der Waals surface area contributed by atoms with Crippen LogP contribution in [0.25, 0.3) is 0 Å². The lowest BCUT2D eigenvalue weighted by Crippen LogP contribution is -2.30. The van der Waals surface area contributed by atoms with Crippen LogP contribution in [-0.2, 0) is 65.4 Å². The average molecular weight is 1540 g/mol. The van der Waals surface area contributed by atoms with Crippen molar-refractivity contribution in [3.8, 4) is 0 Å². The van der Waals surface area contributed by atoms with Crippen LogP contribution in [0.2, 0.25) is 0 Å². The van der Waals surface area contributed by atoms with Crippen molar-refractivity contribution in [2.75, 3.05) is 39.6 Å². The van der Waals surface area contributed by atoms with Gasteiger partial charge >= 0.3 is 39.5 Å². The van der Waals surface area contributed by atoms with Gasteiger partial charge in [0.15, 0.2) is 12.2 Å². The molecule has 4 unspecified atom stereocenters. The van der Waals surface area contributed by atoms with Gasteiger partial charge in [0, 0.05) is 25.7 Å². The normalized spacial score (nSPS) is 14.2. The molecular formula is C86H168O17P2. The van der Waals surface area contributed by atoms with Crippen LogP contribution >= 0.6 is 15.6 Å². The van der Waals surface area contributed by atoms with E-state index in [-0.39, 0.29) is 25.7 Å². The number of hydrogen-bond donors (Lipinski definition) is 3. The predicted octanol–water partition coefficient (Wildman–Crippen LogP) is 25.9. The van der Waals surface area contributed by atoms with Gasteiger partial charge in [-0.3, -0.25) is 37.3 Å². The highest BCUT2D eigenvalue weighted by atomic mass is 31.2. The molecule has 3 N–H and O–H groups in total. The van der Waals surface area contributed by atoms with Gasteiger partial charge in [-0.2, -0.15) is 0 Å². The number of aliphatic hydroxyl groups is 1. The van der Waals surface area contributed by atoms with Crippen LogP contribution in [0, 0.1) is 23.7 Å². The van der Waals surface area contributed by atoms with Crippen molar-refractivity contribution < 1.29 is 80.2 Å². The Morgan fingerprint density at radius 2 is 0.457 bits per heavy atom. The largest absolute Gasteiger partial charge is 0.472 e. The monoisotopic (exact) mass is 1540 g/mol. The van der Waals surface area contributed by atoms with Crippen molar-refractivity contribution >= 4 is 39.5 Å². The van der Waals surface area contributed by atoms with Gasteiger partial charge in [0.25, 0.3) is 0 Å². The van der Waals surface area contributed by atoms with Gasteiger partial charge in [-0.1, -0.05) is 396 Å². The van der Waals surface area contributed by atoms with Crippen LogP contribution in [0.4, 0.5) is 0 Å². The Kier molecular flexibility index (Phi) is 73.4. The number of carbonyl (C=O) groups excluding carboxylic acids is 4. The lowest BCUT2D eigenvalue weighted by atomic mass is 9.99. The molecule has 6 atom stereocenters. The molecule has 105 heavy (non-hydrogen) atoms. The Balaban J connectivity index is 5.23. The summed E-state index contributed by atoms with van der Waals surface area (Å²) < 4.78 is 68.9. The second-order valence-corrected chi connectivity index (χ2v) is 35.5. The van der Waals surface area contributed by atoms with Crippen molar-refractivity contribution in [3.63, 3.8) is 0 Å². The molecule has 0 radical (unpaired) electrons. The maximum absolute atomic E-state index is 13.1. The second kappa shape index (κ2) is 74.8. The van der Waals surface area contributed by atoms with Crippen molar-refractivity contribution in [2.45, 2.75) is 465 Å². The number of phosphoric ester groups is 2. The van der Waals surface area contributed by atoms with E-state index in [0.717, 1.165) is 114 Å². The molecule has 0 saturated carbocycles. The number of esters is 4. The highest BCUT2D eigenvalue weighted by Crippen LogP contribution is 2.45. The maximum atomic E-state index is 13.1. The van der Waals surface area contributed by atoms with E-state index in [0.29, 0.717) is 25.7 Å². The molecule has 0 aromatic heterocycles. The number of ether oxygens (including phenoxy) is 4. The summed E-state index contributed by atoms with van der Waals surface area (Å²) in [5.41, 5.74) is 0. The van der Waals surface area contributed by atoms with E-state index in [1.807, 2.05) is 0 Å². The molecule has 0 aliphatic rings. The van der Waals surface area contributed by atoms with Crippen molar-refractivity contribution in [1.82, 2.24) is 0 Å². The standard InChI is InChI=1S/C86H168O17P2/c1-9-79(8)65-57-49-41-32-25-21-17-12-10-11-13-19-23-27-34-44-52-60-68-85(90)102-81(72-96-83(88)66-58-50-42-33-26-22-18-15-14-16-20-24-30-38-46-54-62-76(2)3)74-100-104(92,93)98-70-80(87)71-99-105(94,95)101-75-82(73-97-84(89)67-59-51-43-37-36-40-48-56-64-78(6)7)103-86(91)69-61-53-45-35-29-28-31-39-47-55-63-77(4)5/h76-82,87H,9-75H2,1-8H3,(H,92,93)(H,94,95)/t79?,80?,81-,82-/m1/s1. The number of phosphoric acid groups is 2. The van der Waals surface area contributed by atoms with E-state index in [1.54, 1.807) is 0 Å². The van der Waals surface area contributed by atoms with Gasteiger partial charge in [0.2, 0.25) is 0 Å². The van der Waals surface area contributed by atoms with Crippen molar-refractivity contribution in [3.05, 3.63) is 0 Å². The Hall–Kier alpha value is -1.94. The molecule has 624 valence electrons. The first-order valence-corrected chi connectivity index (χ1v) is 47.2. The number of carbonyl (C=O) groups is 4. The second-order valence-electron chi connectivity index (χ2n) is 32.6. The number of aliphatic hydroxyl groups excluding tert-OH is 1. The molecule has 0 aromatic rings. The molecule has 0 aromatic carbocycles. The van der Waals surface area contributed by atoms with Gasteiger partial charge in [0.05, 0.1) is 26.4 Å². The van der Waals surface area contributed by atoms with Gasteiger partial charge in [0.1, 0.15) is 19.3 Å². The summed E-state index contributed by atoms with van der Waals surface area (Å²) >= 11 is 0. The Labute approximate surface area is 645 Å². The SMILES string of the molecule is CCC(C)CCCCCCCCCCCCCCCCCCCCC(=O)O[C@H](COC(=O)CCCCCCCCCCCCCCCCCCC(C)C)COP(=O)(O)OCC(O)COP(=O)(O)OC[C@@H](COC(=O)CCCCCCCCCCC(C)C)OC(=O)CCCCCCCCCCCCC(C)C. The molecular weight excluding hydrogens is 1370 g/mol. The molecule has 0 aliphatic heterocycles. The summed E-state index contributed by atoms with van der Waals surface area (Å²) in [6.45, 7) is 14.3. The maximum Gasteiger partial charge on any atom is 0.472 e. The van der Waals surface area contributed by atoms with E-state index >= 15 is 0 Å². The fourth-order valence-electron chi connectivity index (χ4n) is 13.3. The minimum atomic E-state index is -4.97. The fraction of sp³-hybridized carbons (Fsp3) is 0.953. The predicted molar refractivity (Wildman–Crippen MR) is 432 cm³/mol. The molecule has 0 spiro atoms. The quantitative estimate of drug-likeness (QED) is 0.0222. The molecule has 17 nitrogen and oxygen atoms in total. The summed E-state index contributed by atoms with van der Waals surface area (Å²) in [4.78, 5) is 73.2. The minimum absolute atomic E-state index is 0.105. The minimum Gasteiger partial charge on any atom is -0.462 e. The third kappa shape index (κ3) is 78.5. The number of hydrogen-bond acceptors (Lipinski definition) is 15. The molecule has 0 bridgehead atoms. The zero-order valence-corrected chi connectivity index (χ0v) is 71.2. The average Bonchev–Trinajstić information content (AvgIpc) is 0.970. The Morgan fingerprint density at radius 3 is 0.676 bits per heavy atom. The molecule has 0 heterocycles.